The summed E-state index contributed by atoms with van der Waals surface area (Å²) in [5, 5.41) is 2.71. The number of amides is 1. The molecule has 0 fully saturated rings. The van der Waals surface area contributed by atoms with Crippen LogP contribution in [0.2, 0.25) is 0 Å². The third kappa shape index (κ3) is 3.62. The van der Waals surface area contributed by atoms with Gasteiger partial charge in [0.25, 0.3) is 5.91 Å². The van der Waals surface area contributed by atoms with E-state index in [1.165, 1.54) is 12.1 Å². The molecule has 1 aromatic carbocycles. The first-order valence-electron chi connectivity index (χ1n) is 5.30. The van der Waals surface area contributed by atoms with E-state index in [4.69, 9.17) is 5.73 Å². The molecule has 1 amide bonds. The van der Waals surface area contributed by atoms with Crippen LogP contribution in [0, 0.1) is 12.7 Å². The van der Waals surface area contributed by atoms with Gasteiger partial charge in [-0.15, -0.1) is 0 Å². The molecule has 1 aromatic rings. The van der Waals surface area contributed by atoms with Crippen molar-refractivity contribution >= 4 is 5.91 Å². The first-order valence-corrected chi connectivity index (χ1v) is 5.30. The van der Waals surface area contributed by atoms with Crippen LogP contribution in [0.5, 0.6) is 0 Å². The molecule has 0 bridgehead atoms. The summed E-state index contributed by atoms with van der Waals surface area (Å²) in [4.78, 5) is 11.7. The first-order chi connectivity index (χ1) is 7.50. The van der Waals surface area contributed by atoms with E-state index >= 15 is 0 Å². The molecular formula is C12H17FN2O. The van der Waals surface area contributed by atoms with Crippen molar-refractivity contribution in [2.75, 3.05) is 6.54 Å². The van der Waals surface area contributed by atoms with Crippen LogP contribution in [-0.2, 0) is 0 Å². The maximum Gasteiger partial charge on any atom is 0.251 e. The van der Waals surface area contributed by atoms with E-state index in [0.29, 0.717) is 18.5 Å². The van der Waals surface area contributed by atoms with Crippen LogP contribution >= 0.6 is 0 Å². The highest BCUT2D eigenvalue weighted by atomic mass is 19.1. The summed E-state index contributed by atoms with van der Waals surface area (Å²) in [5.74, 6) is -0.652. The number of benzene rings is 1. The van der Waals surface area contributed by atoms with Crippen LogP contribution in [-0.4, -0.2) is 18.5 Å². The Morgan fingerprint density at radius 3 is 2.88 bits per heavy atom. The van der Waals surface area contributed by atoms with Crippen molar-refractivity contribution in [1.82, 2.24) is 5.32 Å². The number of hydrogen-bond acceptors (Lipinski definition) is 2. The lowest BCUT2D eigenvalue weighted by molar-refractivity contribution is 0.0951. The summed E-state index contributed by atoms with van der Waals surface area (Å²) in [6, 6.07) is 4.23. The van der Waals surface area contributed by atoms with E-state index < -0.39 is 5.82 Å². The molecule has 0 aromatic heterocycles. The summed E-state index contributed by atoms with van der Waals surface area (Å²) in [5.41, 5.74) is 6.70. The molecule has 0 radical (unpaired) electrons. The Kier molecular flexibility index (Phi) is 4.43. The SMILES string of the molecule is Cc1ccc(F)cc1C(=O)NCCC(C)N. The van der Waals surface area contributed by atoms with Crippen LogP contribution in [0.25, 0.3) is 0 Å². The standard InChI is InChI=1S/C12H17FN2O/c1-8-3-4-10(13)7-11(8)12(16)15-6-5-9(2)14/h3-4,7,9H,5-6,14H2,1-2H3,(H,15,16). The molecule has 1 rings (SSSR count). The molecule has 3 N–H and O–H groups in total. The average molecular weight is 224 g/mol. The van der Waals surface area contributed by atoms with Gasteiger partial charge in [0.1, 0.15) is 5.82 Å². The molecule has 0 aliphatic carbocycles. The lowest BCUT2D eigenvalue weighted by Crippen LogP contribution is -2.29. The third-order valence-electron chi connectivity index (χ3n) is 2.33. The maximum atomic E-state index is 13.0. The number of carbonyl (C=O) groups is 1. The fourth-order valence-electron chi connectivity index (χ4n) is 1.35. The minimum Gasteiger partial charge on any atom is -0.352 e. The van der Waals surface area contributed by atoms with Crippen LogP contribution in [0.4, 0.5) is 4.39 Å². The van der Waals surface area contributed by atoms with Gasteiger partial charge in [0, 0.05) is 18.2 Å². The van der Waals surface area contributed by atoms with Gasteiger partial charge >= 0.3 is 0 Å². The summed E-state index contributed by atoms with van der Waals surface area (Å²) in [7, 11) is 0. The number of rotatable bonds is 4. The van der Waals surface area contributed by atoms with Crippen molar-refractivity contribution in [1.29, 1.82) is 0 Å². The zero-order valence-corrected chi connectivity index (χ0v) is 9.59. The number of hydrogen-bond donors (Lipinski definition) is 2. The zero-order valence-electron chi connectivity index (χ0n) is 9.59. The second-order valence-corrected chi connectivity index (χ2v) is 3.98. The van der Waals surface area contributed by atoms with E-state index in [9.17, 15) is 9.18 Å². The Labute approximate surface area is 94.8 Å². The van der Waals surface area contributed by atoms with Crippen LogP contribution < -0.4 is 11.1 Å². The monoisotopic (exact) mass is 224 g/mol. The van der Waals surface area contributed by atoms with Gasteiger partial charge in [-0.2, -0.15) is 0 Å². The second-order valence-electron chi connectivity index (χ2n) is 3.98. The van der Waals surface area contributed by atoms with Gasteiger partial charge in [-0.05, 0) is 38.0 Å². The van der Waals surface area contributed by atoms with E-state index in [1.807, 2.05) is 6.92 Å². The van der Waals surface area contributed by atoms with Gasteiger partial charge in [0.15, 0.2) is 0 Å². The molecule has 0 aliphatic rings. The number of halogens is 1. The molecular weight excluding hydrogens is 207 g/mol. The van der Waals surface area contributed by atoms with E-state index in [1.54, 1.807) is 13.0 Å². The van der Waals surface area contributed by atoms with Gasteiger partial charge in [-0.25, -0.2) is 4.39 Å². The first kappa shape index (κ1) is 12.6. The van der Waals surface area contributed by atoms with E-state index in [0.717, 1.165) is 5.56 Å². The van der Waals surface area contributed by atoms with Crippen molar-refractivity contribution in [2.45, 2.75) is 26.3 Å². The van der Waals surface area contributed by atoms with Crippen molar-refractivity contribution < 1.29 is 9.18 Å². The van der Waals surface area contributed by atoms with Gasteiger partial charge < -0.3 is 11.1 Å². The molecule has 0 saturated carbocycles. The smallest absolute Gasteiger partial charge is 0.251 e. The molecule has 16 heavy (non-hydrogen) atoms. The zero-order chi connectivity index (χ0) is 12.1. The normalized spacial score (nSPS) is 12.2. The topological polar surface area (TPSA) is 55.1 Å². The molecule has 4 heteroatoms. The highest BCUT2D eigenvalue weighted by Crippen LogP contribution is 2.09. The summed E-state index contributed by atoms with van der Waals surface area (Å²) in [6.07, 6.45) is 0.708. The van der Waals surface area contributed by atoms with Crippen LogP contribution in [0.1, 0.15) is 29.3 Å². The third-order valence-corrected chi connectivity index (χ3v) is 2.33. The molecule has 0 spiro atoms. The molecule has 0 saturated heterocycles. The lowest BCUT2D eigenvalue weighted by atomic mass is 10.1. The molecule has 3 nitrogen and oxygen atoms in total. The van der Waals surface area contributed by atoms with Crippen molar-refractivity contribution in [2.24, 2.45) is 5.73 Å². The summed E-state index contributed by atoms with van der Waals surface area (Å²) < 4.78 is 13.0. The van der Waals surface area contributed by atoms with Crippen LogP contribution in [0.15, 0.2) is 18.2 Å². The van der Waals surface area contributed by atoms with E-state index in [2.05, 4.69) is 5.32 Å². The largest absolute Gasteiger partial charge is 0.352 e. The predicted octanol–water partition coefficient (Wildman–Crippen LogP) is 1.60. The number of nitrogens with one attached hydrogen (secondary N) is 1. The molecule has 0 heterocycles. The fourth-order valence-corrected chi connectivity index (χ4v) is 1.35. The second kappa shape index (κ2) is 5.61. The molecule has 1 atom stereocenters. The van der Waals surface area contributed by atoms with Crippen molar-refractivity contribution in [3.63, 3.8) is 0 Å². The highest BCUT2D eigenvalue weighted by Gasteiger charge is 2.09. The fraction of sp³-hybridized carbons (Fsp3) is 0.417. The Balaban J connectivity index is 2.62. The molecule has 0 aliphatic heterocycles. The predicted molar refractivity (Wildman–Crippen MR) is 61.7 cm³/mol. The average Bonchev–Trinajstić information content (AvgIpc) is 2.21. The minimum atomic E-state index is -0.400. The Hall–Kier alpha value is -1.42. The van der Waals surface area contributed by atoms with Crippen LogP contribution in [0.3, 0.4) is 0 Å². The molecule has 88 valence electrons. The van der Waals surface area contributed by atoms with Crippen molar-refractivity contribution in [3.8, 4) is 0 Å². The number of carbonyl (C=O) groups excluding carboxylic acids is 1. The summed E-state index contributed by atoms with van der Waals surface area (Å²) in [6.45, 7) is 4.16. The quantitative estimate of drug-likeness (QED) is 0.816. The minimum absolute atomic E-state index is 0.0499. The van der Waals surface area contributed by atoms with Gasteiger partial charge in [-0.3, -0.25) is 4.79 Å². The summed E-state index contributed by atoms with van der Waals surface area (Å²) >= 11 is 0. The lowest BCUT2D eigenvalue weighted by Gasteiger charge is -2.09. The van der Waals surface area contributed by atoms with Gasteiger partial charge in [-0.1, -0.05) is 6.07 Å². The number of nitrogens with two attached hydrogens (primary N) is 1. The Bertz CT molecular complexity index is 377. The molecule has 1 unspecified atom stereocenters. The maximum absolute atomic E-state index is 13.0. The number of aryl methyl sites for hydroxylation is 1. The van der Waals surface area contributed by atoms with E-state index in [-0.39, 0.29) is 11.9 Å². The Morgan fingerprint density at radius 2 is 2.25 bits per heavy atom. The highest BCUT2D eigenvalue weighted by molar-refractivity contribution is 5.95. The Morgan fingerprint density at radius 1 is 1.56 bits per heavy atom. The van der Waals surface area contributed by atoms with Crippen molar-refractivity contribution in [3.05, 3.63) is 35.1 Å². The van der Waals surface area contributed by atoms with Gasteiger partial charge in [0.05, 0.1) is 0 Å². The van der Waals surface area contributed by atoms with Gasteiger partial charge in [0.2, 0.25) is 0 Å².